The van der Waals surface area contributed by atoms with Gasteiger partial charge in [0.25, 0.3) is 0 Å². The van der Waals surface area contributed by atoms with Gasteiger partial charge in [0.2, 0.25) is 5.91 Å². The van der Waals surface area contributed by atoms with Crippen molar-refractivity contribution in [2.45, 2.75) is 19.4 Å². The summed E-state index contributed by atoms with van der Waals surface area (Å²) in [5, 5.41) is 9.37. The fourth-order valence-electron chi connectivity index (χ4n) is 2.62. The normalized spacial score (nSPS) is 12.8. The highest BCUT2D eigenvalue weighted by Crippen LogP contribution is 2.25. The quantitative estimate of drug-likeness (QED) is 0.900. The van der Waals surface area contributed by atoms with E-state index in [9.17, 15) is 9.59 Å². The molecule has 1 aliphatic rings. The number of amides is 3. The standard InChI is InChI=1S/C16H19N5O2/c1-17-16(23)18-13-11-14-20(9-10-21(14)19-13)15(22)8-7-12-5-3-2-4-6-12/h2-6,11H,7-10H2,1H3,(H2,17,18,19,23). The van der Waals surface area contributed by atoms with Gasteiger partial charge in [0.05, 0.1) is 6.54 Å². The number of urea groups is 1. The molecule has 2 N–H and O–H groups in total. The van der Waals surface area contributed by atoms with Crippen molar-refractivity contribution in [3.05, 3.63) is 42.0 Å². The van der Waals surface area contributed by atoms with Crippen LogP contribution < -0.4 is 15.5 Å². The van der Waals surface area contributed by atoms with Crippen LogP contribution >= 0.6 is 0 Å². The molecule has 1 aromatic carbocycles. The van der Waals surface area contributed by atoms with Crippen molar-refractivity contribution in [2.24, 2.45) is 0 Å². The number of aromatic nitrogens is 2. The van der Waals surface area contributed by atoms with E-state index in [1.807, 2.05) is 30.3 Å². The Morgan fingerprint density at radius 3 is 2.74 bits per heavy atom. The van der Waals surface area contributed by atoms with Crippen molar-refractivity contribution in [3.8, 4) is 0 Å². The minimum Gasteiger partial charge on any atom is -0.341 e. The highest BCUT2D eigenvalue weighted by molar-refractivity contribution is 5.94. The number of aryl methyl sites for hydroxylation is 1. The SMILES string of the molecule is CNC(=O)Nc1cc2n(n1)CCN2C(=O)CCc1ccccc1. The second kappa shape index (κ2) is 6.51. The summed E-state index contributed by atoms with van der Waals surface area (Å²) in [6.45, 7) is 1.26. The zero-order chi connectivity index (χ0) is 16.2. The number of benzene rings is 1. The number of carbonyl (C=O) groups excluding carboxylic acids is 2. The van der Waals surface area contributed by atoms with E-state index in [0.29, 0.717) is 31.7 Å². The second-order valence-corrected chi connectivity index (χ2v) is 5.35. The lowest BCUT2D eigenvalue weighted by Crippen LogP contribution is -2.29. The molecule has 0 aliphatic carbocycles. The molecule has 0 saturated heterocycles. The zero-order valence-corrected chi connectivity index (χ0v) is 13.0. The summed E-state index contributed by atoms with van der Waals surface area (Å²) >= 11 is 0. The summed E-state index contributed by atoms with van der Waals surface area (Å²) in [7, 11) is 1.54. The van der Waals surface area contributed by atoms with Crippen LogP contribution in [-0.4, -0.2) is 35.3 Å². The Bertz CT molecular complexity index is 711. The van der Waals surface area contributed by atoms with Gasteiger partial charge in [-0.15, -0.1) is 0 Å². The average Bonchev–Trinajstić information content (AvgIpc) is 3.13. The van der Waals surface area contributed by atoms with Crippen molar-refractivity contribution < 1.29 is 9.59 Å². The molecule has 7 nitrogen and oxygen atoms in total. The van der Waals surface area contributed by atoms with Gasteiger partial charge in [-0.25, -0.2) is 9.48 Å². The predicted molar refractivity (Wildman–Crippen MR) is 87.4 cm³/mol. The summed E-state index contributed by atoms with van der Waals surface area (Å²) in [5.41, 5.74) is 1.15. The van der Waals surface area contributed by atoms with Crippen molar-refractivity contribution in [3.63, 3.8) is 0 Å². The van der Waals surface area contributed by atoms with Crippen LogP contribution in [0.4, 0.5) is 16.4 Å². The maximum absolute atomic E-state index is 12.5. The molecule has 3 amide bonds. The molecular formula is C16H19N5O2. The minimum absolute atomic E-state index is 0.0685. The molecule has 2 heterocycles. The maximum atomic E-state index is 12.5. The van der Waals surface area contributed by atoms with Gasteiger partial charge in [0.15, 0.2) is 5.82 Å². The molecule has 23 heavy (non-hydrogen) atoms. The molecule has 2 aromatic rings. The predicted octanol–water partition coefficient (Wildman–Crippen LogP) is 1.61. The van der Waals surface area contributed by atoms with Crippen LogP contribution in [0, 0.1) is 0 Å². The van der Waals surface area contributed by atoms with E-state index < -0.39 is 0 Å². The van der Waals surface area contributed by atoms with Crippen LogP contribution in [-0.2, 0) is 17.8 Å². The lowest BCUT2D eigenvalue weighted by Gasteiger charge is -2.14. The highest BCUT2D eigenvalue weighted by Gasteiger charge is 2.26. The Balaban J connectivity index is 1.64. The van der Waals surface area contributed by atoms with Gasteiger partial charge >= 0.3 is 6.03 Å². The topological polar surface area (TPSA) is 79.3 Å². The molecule has 0 atom stereocenters. The van der Waals surface area contributed by atoms with Crippen molar-refractivity contribution in [1.82, 2.24) is 15.1 Å². The lowest BCUT2D eigenvalue weighted by molar-refractivity contribution is -0.118. The van der Waals surface area contributed by atoms with Gasteiger partial charge in [-0.2, -0.15) is 5.10 Å². The van der Waals surface area contributed by atoms with Crippen LogP contribution in [0.25, 0.3) is 0 Å². The van der Waals surface area contributed by atoms with Gasteiger partial charge in [0.1, 0.15) is 5.82 Å². The summed E-state index contributed by atoms with van der Waals surface area (Å²) in [4.78, 5) is 25.5. The van der Waals surface area contributed by atoms with Gasteiger partial charge in [-0.1, -0.05) is 30.3 Å². The first-order valence-corrected chi connectivity index (χ1v) is 7.58. The Kier molecular flexibility index (Phi) is 4.27. The van der Waals surface area contributed by atoms with Crippen LogP contribution in [0.3, 0.4) is 0 Å². The van der Waals surface area contributed by atoms with E-state index >= 15 is 0 Å². The summed E-state index contributed by atoms with van der Waals surface area (Å²) in [5.74, 6) is 1.24. The Labute approximate surface area is 134 Å². The van der Waals surface area contributed by atoms with Crippen molar-refractivity contribution in [1.29, 1.82) is 0 Å². The molecule has 0 spiro atoms. The van der Waals surface area contributed by atoms with E-state index in [1.165, 1.54) is 0 Å². The lowest BCUT2D eigenvalue weighted by atomic mass is 10.1. The number of nitrogens with one attached hydrogen (secondary N) is 2. The van der Waals surface area contributed by atoms with Gasteiger partial charge in [-0.05, 0) is 12.0 Å². The van der Waals surface area contributed by atoms with E-state index in [0.717, 1.165) is 11.4 Å². The Hall–Kier alpha value is -2.83. The van der Waals surface area contributed by atoms with Gasteiger partial charge in [-0.3, -0.25) is 15.0 Å². The summed E-state index contributed by atoms with van der Waals surface area (Å²) in [6.07, 6.45) is 1.17. The van der Waals surface area contributed by atoms with Gasteiger partial charge in [0, 0.05) is 26.1 Å². The van der Waals surface area contributed by atoms with E-state index in [1.54, 1.807) is 22.7 Å². The summed E-state index contributed by atoms with van der Waals surface area (Å²) in [6, 6.07) is 11.3. The Morgan fingerprint density at radius 1 is 1.22 bits per heavy atom. The zero-order valence-electron chi connectivity index (χ0n) is 13.0. The molecular weight excluding hydrogens is 294 g/mol. The smallest absolute Gasteiger partial charge is 0.320 e. The Morgan fingerprint density at radius 2 is 2.00 bits per heavy atom. The first-order chi connectivity index (χ1) is 11.2. The molecule has 120 valence electrons. The molecule has 3 rings (SSSR count). The molecule has 7 heteroatoms. The third-order valence-corrected chi connectivity index (χ3v) is 3.81. The van der Waals surface area contributed by atoms with Crippen molar-refractivity contribution >= 4 is 23.6 Å². The third-order valence-electron chi connectivity index (χ3n) is 3.81. The molecule has 0 radical (unpaired) electrons. The van der Waals surface area contributed by atoms with Crippen molar-refractivity contribution in [2.75, 3.05) is 23.8 Å². The number of nitrogens with zero attached hydrogens (tertiary/aromatic N) is 3. The fraction of sp³-hybridized carbons (Fsp3) is 0.312. The summed E-state index contributed by atoms with van der Waals surface area (Å²) < 4.78 is 1.74. The fourth-order valence-corrected chi connectivity index (χ4v) is 2.62. The number of carbonyl (C=O) groups is 2. The molecule has 1 aromatic heterocycles. The molecule has 0 saturated carbocycles. The number of rotatable bonds is 4. The number of fused-ring (bicyclic) bond motifs is 1. The third kappa shape index (κ3) is 3.33. The number of anilines is 2. The molecule has 0 bridgehead atoms. The second-order valence-electron chi connectivity index (χ2n) is 5.35. The molecule has 0 unspecified atom stereocenters. The van der Waals surface area contributed by atoms with Crippen LogP contribution in [0.1, 0.15) is 12.0 Å². The van der Waals surface area contributed by atoms with E-state index in [4.69, 9.17) is 0 Å². The number of hydrogen-bond acceptors (Lipinski definition) is 3. The van der Waals surface area contributed by atoms with Crippen LogP contribution in [0.2, 0.25) is 0 Å². The minimum atomic E-state index is -0.330. The van der Waals surface area contributed by atoms with E-state index in [-0.39, 0.29) is 11.9 Å². The van der Waals surface area contributed by atoms with E-state index in [2.05, 4.69) is 15.7 Å². The largest absolute Gasteiger partial charge is 0.341 e. The number of hydrogen-bond donors (Lipinski definition) is 2. The van der Waals surface area contributed by atoms with Crippen LogP contribution in [0.5, 0.6) is 0 Å². The maximum Gasteiger partial charge on any atom is 0.320 e. The molecule has 1 aliphatic heterocycles. The first kappa shape index (κ1) is 15.1. The molecule has 0 fully saturated rings. The first-order valence-electron chi connectivity index (χ1n) is 7.58. The average molecular weight is 313 g/mol. The highest BCUT2D eigenvalue weighted by atomic mass is 16.2. The van der Waals surface area contributed by atoms with Crippen LogP contribution in [0.15, 0.2) is 36.4 Å². The monoisotopic (exact) mass is 313 g/mol. The van der Waals surface area contributed by atoms with Gasteiger partial charge < -0.3 is 5.32 Å².